The van der Waals surface area contributed by atoms with Gasteiger partial charge in [0.2, 0.25) is 0 Å². The molecular formula is C15H23NO3. The largest absolute Gasteiger partial charge is 0.395 e. The van der Waals surface area contributed by atoms with Gasteiger partial charge in [-0.05, 0) is 36.4 Å². The van der Waals surface area contributed by atoms with Crippen molar-refractivity contribution in [1.82, 2.24) is 4.90 Å². The number of benzene rings is 1. The van der Waals surface area contributed by atoms with Crippen LogP contribution in [0.3, 0.4) is 0 Å². The van der Waals surface area contributed by atoms with Gasteiger partial charge >= 0.3 is 0 Å². The van der Waals surface area contributed by atoms with Gasteiger partial charge < -0.3 is 15.3 Å². The third-order valence-corrected chi connectivity index (χ3v) is 3.95. The molecule has 0 amide bonds. The van der Waals surface area contributed by atoms with E-state index in [1.54, 1.807) is 0 Å². The Labute approximate surface area is 114 Å². The van der Waals surface area contributed by atoms with E-state index in [2.05, 4.69) is 17.0 Å². The number of aliphatic hydroxyl groups excluding tert-OH is 3. The summed E-state index contributed by atoms with van der Waals surface area (Å²) in [5.41, 5.74) is 2.21. The van der Waals surface area contributed by atoms with E-state index in [-0.39, 0.29) is 25.9 Å². The first-order chi connectivity index (χ1) is 9.26. The van der Waals surface area contributed by atoms with Crippen LogP contribution in [0.5, 0.6) is 0 Å². The van der Waals surface area contributed by atoms with Crippen LogP contribution in [0.15, 0.2) is 24.3 Å². The van der Waals surface area contributed by atoms with Gasteiger partial charge in [-0.25, -0.2) is 0 Å². The molecule has 1 aliphatic rings. The molecule has 1 saturated heterocycles. The number of hydrogen-bond donors (Lipinski definition) is 3. The van der Waals surface area contributed by atoms with Gasteiger partial charge in [0.15, 0.2) is 0 Å². The molecule has 2 rings (SSSR count). The van der Waals surface area contributed by atoms with Gasteiger partial charge in [-0.15, -0.1) is 0 Å². The minimum atomic E-state index is -0.117. The summed E-state index contributed by atoms with van der Waals surface area (Å²) in [5, 5.41) is 27.5. The summed E-state index contributed by atoms with van der Waals surface area (Å²) in [7, 11) is 0. The first-order valence-electron chi connectivity index (χ1n) is 6.91. The molecule has 1 aromatic rings. The lowest BCUT2D eigenvalue weighted by molar-refractivity contribution is 0.0880. The van der Waals surface area contributed by atoms with E-state index < -0.39 is 0 Å². The van der Waals surface area contributed by atoms with Crippen LogP contribution in [-0.4, -0.2) is 52.6 Å². The maximum atomic E-state index is 9.20. The first kappa shape index (κ1) is 14.5. The van der Waals surface area contributed by atoms with E-state index >= 15 is 0 Å². The standard InChI is InChI=1S/C15H23NO3/c17-9-14-3-1-2-12(7-14)6-13-4-5-16(8-13)15(10-18)11-19/h1-3,7,13,15,17-19H,4-6,8-11H2/t13-/m0/s1. The Bertz CT molecular complexity index is 393. The summed E-state index contributed by atoms with van der Waals surface area (Å²) in [6, 6.07) is 7.94. The normalized spacial score (nSPS) is 20.3. The van der Waals surface area contributed by atoms with Crippen molar-refractivity contribution in [2.45, 2.75) is 25.5 Å². The van der Waals surface area contributed by atoms with Crippen LogP contribution in [0.1, 0.15) is 17.5 Å². The molecular weight excluding hydrogens is 242 g/mol. The number of aliphatic hydroxyl groups is 3. The number of likely N-dealkylation sites (tertiary alicyclic amines) is 1. The molecule has 0 saturated carbocycles. The Hall–Kier alpha value is -0.940. The highest BCUT2D eigenvalue weighted by Crippen LogP contribution is 2.23. The fourth-order valence-electron chi connectivity index (χ4n) is 2.84. The Kier molecular flexibility index (Phi) is 5.34. The topological polar surface area (TPSA) is 63.9 Å². The van der Waals surface area contributed by atoms with Crippen LogP contribution in [0.4, 0.5) is 0 Å². The highest BCUT2D eigenvalue weighted by Gasteiger charge is 2.27. The highest BCUT2D eigenvalue weighted by molar-refractivity contribution is 5.23. The summed E-state index contributed by atoms with van der Waals surface area (Å²) < 4.78 is 0. The van der Waals surface area contributed by atoms with Gasteiger partial charge in [0, 0.05) is 6.54 Å². The minimum Gasteiger partial charge on any atom is -0.395 e. The summed E-state index contributed by atoms with van der Waals surface area (Å²) in [4.78, 5) is 2.17. The van der Waals surface area contributed by atoms with Gasteiger partial charge in [-0.1, -0.05) is 24.3 Å². The van der Waals surface area contributed by atoms with Crippen LogP contribution in [0.2, 0.25) is 0 Å². The molecule has 0 unspecified atom stereocenters. The highest BCUT2D eigenvalue weighted by atomic mass is 16.3. The maximum Gasteiger partial charge on any atom is 0.0681 e. The van der Waals surface area contributed by atoms with Crippen molar-refractivity contribution in [3.8, 4) is 0 Å². The molecule has 1 fully saturated rings. The molecule has 19 heavy (non-hydrogen) atoms. The second kappa shape index (κ2) is 7.01. The predicted octanol–water partition coefficient (Wildman–Crippen LogP) is 0.396. The summed E-state index contributed by atoms with van der Waals surface area (Å²) in [6.07, 6.45) is 2.09. The zero-order chi connectivity index (χ0) is 13.7. The summed E-state index contributed by atoms with van der Waals surface area (Å²) in [5.74, 6) is 0.564. The van der Waals surface area contributed by atoms with E-state index in [1.165, 1.54) is 5.56 Å². The SMILES string of the molecule is OCc1cccc(C[C@@H]2CCN(C(CO)CO)C2)c1. The van der Waals surface area contributed by atoms with E-state index in [4.69, 9.17) is 5.11 Å². The van der Waals surface area contributed by atoms with Crippen molar-refractivity contribution in [3.63, 3.8) is 0 Å². The monoisotopic (exact) mass is 265 g/mol. The second-order valence-electron chi connectivity index (χ2n) is 5.35. The molecule has 1 aromatic carbocycles. The van der Waals surface area contributed by atoms with Gasteiger partial charge in [-0.2, -0.15) is 0 Å². The molecule has 1 heterocycles. The first-order valence-corrected chi connectivity index (χ1v) is 6.91. The van der Waals surface area contributed by atoms with Crippen LogP contribution >= 0.6 is 0 Å². The number of hydrogen-bond acceptors (Lipinski definition) is 4. The van der Waals surface area contributed by atoms with Crippen LogP contribution in [0, 0.1) is 5.92 Å². The molecule has 1 atom stereocenters. The van der Waals surface area contributed by atoms with Gasteiger partial charge in [0.25, 0.3) is 0 Å². The fraction of sp³-hybridized carbons (Fsp3) is 0.600. The van der Waals surface area contributed by atoms with Crippen molar-refractivity contribution in [2.75, 3.05) is 26.3 Å². The van der Waals surface area contributed by atoms with Crippen molar-refractivity contribution < 1.29 is 15.3 Å². The van der Waals surface area contributed by atoms with E-state index in [0.717, 1.165) is 31.5 Å². The van der Waals surface area contributed by atoms with E-state index in [9.17, 15) is 10.2 Å². The van der Waals surface area contributed by atoms with Crippen molar-refractivity contribution in [2.24, 2.45) is 5.92 Å². The molecule has 0 bridgehead atoms. The van der Waals surface area contributed by atoms with Crippen molar-refractivity contribution in [1.29, 1.82) is 0 Å². The minimum absolute atomic E-state index is 0.0171. The third-order valence-electron chi connectivity index (χ3n) is 3.95. The number of rotatable bonds is 6. The molecule has 4 heteroatoms. The lowest BCUT2D eigenvalue weighted by atomic mass is 9.97. The fourth-order valence-corrected chi connectivity index (χ4v) is 2.84. The van der Waals surface area contributed by atoms with Gasteiger partial charge in [0.1, 0.15) is 0 Å². The summed E-state index contributed by atoms with van der Waals surface area (Å²) >= 11 is 0. The number of nitrogens with zero attached hydrogens (tertiary/aromatic N) is 1. The Morgan fingerprint density at radius 2 is 1.89 bits per heavy atom. The lowest BCUT2D eigenvalue weighted by Crippen LogP contribution is -2.39. The average Bonchev–Trinajstić information content (AvgIpc) is 2.89. The zero-order valence-corrected chi connectivity index (χ0v) is 11.2. The second-order valence-corrected chi connectivity index (χ2v) is 5.35. The van der Waals surface area contributed by atoms with Gasteiger partial charge in [-0.3, -0.25) is 4.90 Å². The molecule has 0 aromatic heterocycles. The lowest BCUT2D eigenvalue weighted by Gasteiger charge is -2.24. The Morgan fingerprint density at radius 1 is 1.16 bits per heavy atom. The van der Waals surface area contributed by atoms with E-state index in [1.807, 2.05) is 12.1 Å². The molecule has 0 spiro atoms. The van der Waals surface area contributed by atoms with Crippen molar-refractivity contribution >= 4 is 0 Å². The third kappa shape index (κ3) is 3.76. The Balaban J connectivity index is 1.90. The van der Waals surface area contributed by atoms with E-state index in [0.29, 0.717) is 5.92 Å². The predicted molar refractivity (Wildman–Crippen MR) is 73.7 cm³/mol. The molecule has 106 valence electrons. The quantitative estimate of drug-likeness (QED) is 0.696. The molecule has 1 aliphatic heterocycles. The van der Waals surface area contributed by atoms with Crippen LogP contribution < -0.4 is 0 Å². The average molecular weight is 265 g/mol. The van der Waals surface area contributed by atoms with Crippen LogP contribution in [0.25, 0.3) is 0 Å². The van der Waals surface area contributed by atoms with Gasteiger partial charge in [0.05, 0.1) is 25.9 Å². The maximum absolute atomic E-state index is 9.20. The van der Waals surface area contributed by atoms with Crippen molar-refractivity contribution in [3.05, 3.63) is 35.4 Å². The zero-order valence-electron chi connectivity index (χ0n) is 11.2. The molecule has 0 radical (unpaired) electrons. The molecule has 4 nitrogen and oxygen atoms in total. The van der Waals surface area contributed by atoms with Crippen LogP contribution in [-0.2, 0) is 13.0 Å². The Morgan fingerprint density at radius 3 is 2.58 bits per heavy atom. The smallest absolute Gasteiger partial charge is 0.0681 e. The molecule has 3 N–H and O–H groups in total. The summed E-state index contributed by atoms with van der Waals surface area (Å²) in [6.45, 7) is 1.99. The molecule has 0 aliphatic carbocycles.